The Hall–Kier alpha value is -3.77. The van der Waals surface area contributed by atoms with Crippen LogP contribution in [0.4, 0.5) is 0 Å². The van der Waals surface area contributed by atoms with E-state index in [0.717, 1.165) is 40.3 Å². The Labute approximate surface area is 187 Å². The first-order valence-corrected chi connectivity index (χ1v) is 10.5. The molecular formula is C25H23N5S. The Morgan fingerprint density at radius 2 is 1.58 bits per heavy atom. The van der Waals surface area contributed by atoms with E-state index in [1.54, 1.807) is 6.21 Å². The Bertz CT molecular complexity index is 1170. The SMILES string of the molecule is CCNC(=S)NN=Cc1ccc(-n2nc(-c3ccccc3)cc2-c2ccccc2)cc1. The number of nitrogens with one attached hydrogen (secondary N) is 2. The molecule has 0 radical (unpaired) electrons. The molecule has 4 aromatic rings. The lowest BCUT2D eigenvalue weighted by molar-refractivity contribution is 0.891. The highest BCUT2D eigenvalue weighted by Crippen LogP contribution is 2.28. The minimum Gasteiger partial charge on any atom is -0.362 e. The van der Waals surface area contributed by atoms with Gasteiger partial charge in [-0.15, -0.1) is 0 Å². The van der Waals surface area contributed by atoms with Gasteiger partial charge in [0.05, 0.1) is 23.3 Å². The van der Waals surface area contributed by atoms with E-state index >= 15 is 0 Å². The molecule has 3 aromatic carbocycles. The van der Waals surface area contributed by atoms with Gasteiger partial charge in [-0.05, 0) is 42.9 Å². The molecule has 0 aliphatic heterocycles. The van der Waals surface area contributed by atoms with Crippen molar-refractivity contribution in [2.24, 2.45) is 5.10 Å². The van der Waals surface area contributed by atoms with Crippen LogP contribution in [0.25, 0.3) is 28.2 Å². The van der Waals surface area contributed by atoms with Crippen molar-refractivity contribution in [3.63, 3.8) is 0 Å². The number of nitrogens with zero attached hydrogens (tertiary/aromatic N) is 3. The zero-order valence-electron chi connectivity index (χ0n) is 17.2. The second-order valence-electron chi connectivity index (χ2n) is 6.88. The van der Waals surface area contributed by atoms with Crippen molar-refractivity contribution in [1.82, 2.24) is 20.5 Å². The van der Waals surface area contributed by atoms with Gasteiger partial charge in [-0.2, -0.15) is 10.2 Å². The number of aromatic nitrogens is 2. The van der Waals surface area contributed by atoms with Gasteiger partial charge < -0.3 is 5.32 Å². The number of benzene rings is 3. The molecule has 31 heavy (non-hydrogen) atoms. The quantitative estimate of drug-likeness (QED) is 0.259. The maximum atomic E-state index is 5.11. The molecule has 0 saturated heterocycles. The summed E-state index contributed by atoms with van der Waals surface area (Å²) in [4.78, 5) is 0. The standard InChI is InChI=1S/C25H23N5S/c1-2-26-25(31)28-27-18-19-13-15-22(16-14-19)30-24(21-11-7-4-8-12-21)17-23(29-30)20-9-5-3-6-10-20/h3-18H,2H2,1H3,(H2,26,28,31). The van der Waals surface area contributed by atoms with Crippen LogP contribution in [0.15, 0.2) is 96.1 Å². The van der Waals surface area contributed by atoms with Crippen LogP contribution < -0.4 is 10.7 Å². The van der Waals surface area contributed by atoms with E-state index < -0.39 is 0 Å². The van der Waals surface area contributed by atoms with Gasteiger partial charge in [-0.25, -0.2) is 4.68 Å². The van der Waals surface area contributed by atoms with Crippen molar-refractivity contribution in [2.45, 2.75) is 6.92 Å². The van der Waals surface area contributed by atoms with Crippen molar-refractivity contribution in [3.05, 3.63) is 96.6 Å². The second kappa shape index (κ2) is 9.82. The Morgan fingerprint density at radius 3 is 2.23 bits per heavy atom. The summed E-state index contributed by atoms with van der Waals surface area (Å²) in [6, 6.07) is 30.7. The van der Waals surface area contributed by atoms with Gasteiger partial charge >= 0.3 is 0 Å². The smallest absolute Gasteiger partial charge is 0.186 e. The zero-order chi connectivity index (χ0) is 21.5. The van der Waals surface area contributed by atoms with Gasteiger partial charge in [0, 0.05) is 17.7 Å². The molecule has 1 aromatic heterocycles. The molecule has 0 saturated carbocycles. The van der Waals surface area contributed by atoms with E-state index in [-0.39, 0.29) is 0 Å². The Kier molecular flexibility index (Phi) is 6.50. The van der Waals surface area contributed by atoms with Crippen LogP contribution in [0, 0.1) is 0 Å². The van der Waals surface area contributed by atoms with E-state index in [1.807, 2.05) is 72.3 Å². The molecule has 0 spiro atoms. The number of hydrogen-bond donors (Lipinski definition) is 2. The fourth-order valence-corrected chi connectivity index (χ4v) is 3.41. The van der Waals surface area contributed by atoms with Crippen LogP contribution in [0.5, 0.6) is 0 Å². The number of rotatable bonds is 6. The molecule has 4 rings (SSSR count). The summed E-state index contributed by atoms with van der Waals surface area (Å²) in [5.74, 6) is 0. The van der Waals surface area contributed by atoms with E-state index in [2.05, 4.69) is 46.2 Å². The van der Waals surface area contributed by atoms with E-state index in [1.165, 1.54) is 0 Å². The monoisotopic (exact) mass is 425 g/mol. The Balaban J connectivity index is 1.64. The lowest BCUT2D eigenvalue weighted by atomic mass is 10.1. The van der Waals surface area contributed by atoms with E-state index in [0.29, 0.717) is 5.11 Å². The fourth-order valence-electron chi connectivity index (χ4n) is 3.21. The predicted octanol–water partition coefficient (Wildman–Crippen LogP) is 5.02. The van der Waals surface area contributed by atoms with Gasteiger partial charge in [0.2, 0.25) is 0 Å². The normalized spacial score (nSPS) is 10.9. The molecule has 0 unspecified atom stereocenters. The summed E-state index contributed by atoms with van der Waals surface area (Å²) in [7, 11) is 0. The first-order chi connectivity index (χ1) is 15.2. The Morgan fingerprint density at radius 1 is 0.935 bits per heavy atom. The molecule has 2 N–H and O–H groups in total. The van der Waals surface area contributed by atoms with Gasteiger partial charge in [0.25, 0.3) is 0 Å². The molecule has 0 amide bonds. The zero-order valence-corrected chi connectivity index (χ0v) is 18.0. The fraction of sp³-hybridized carbons (Fsp3) is 0.0800. The van der Waals surface area contributed by atoms with Gasteiger partial charge in [0.15, 0.2) is 5.11 Å². The molecule has 0 atom stereocenters. The number of hydrogen-bond acceptors (Lipinski definition) is 3. The van der Waals surface area contributed by atoms with Crippen molar-refractivity contribution in [2.75, 3.05) is 6.54 Å². The van der Waals surface area contributed by atoms with Crippen LogP contribution in [0.2, 0.25) is 0 Å². The highest BCUT2D eigenvalue weighted by molar-refractivity contribution is 7.80. The third-order valence-corrected chi connectivity index (χ3v) is 4.94. The topological polar surface area (TPSA) is 54.2 Å². The highest BCUT2D eigenvalue weighted by atomic mass is 32.1. The highest BCUT2D eigenvalue weighted by Gasteiger charge is 2.12. The minimum absolute atomic E-state index is 0.507. The summed E-state index contributed by atoms with van der Waals surface area (Å²) >= 11 is 5.11. The summed E-state index contributed by atoms with van der Waals surface area (Å²) in [5.41, 5.74) is 8.93. The maximum Gasteiger partial charge on any atom is 0.186 e. The maximum absolute atomic E-state index is 5.11. The number of hydrazone groups is 1. The summed E-state index contributed by atoms with van der Waals surface area (Å²) in [5, 5.41) is 12.6. The van der Waals surface area contributed by atoms with E-state index in [4.69, 9.17) is 17.3 Å². The lowest BCUT2D eigenvalue weighted by Gasteiger charge is -2.08. The molecule has 0 aliphatic rings. The third-order valence-electron chi connectivity index (χ3n) is 4.70. The summed E-state index contributed by atoms with van der Waals surface area (Å²) in [6.45, 7) is 2.74. The second-order valence-corrected chi connectivity index (χ2v) is 7.29. The largest absolute Gasteiger partial charge is 0.362 e. The van der Waals surface area contributed by atoms with Crippen molar-refractivity contribution >= 4 is 23.5 Å². The third kappa shape index (κ3) is 5.05. The van der Waals surface area contributed by atoms with Crippen LogP contribution >= 0.6 is 12.2 Å². The average molecular weight is 426 g/mol. The molecule has 0 bridgehead atoms. The van der Waals surface area contributed by atoms with Crippen molar-refractivity contribution < 1.29 is 0 Å². The first kappa shape index (κ1) is 20.5. The lowest BCUT2D eigenvalue weighted by Crippen LogP contribution is -2.31. The number of thiocarbonyl (C=S) groups is 1. The average Bonchev–Trinajstić information content (AvgIpc) is 3.26. The molecule has 0 aliphatic carbocycles. The molecule has 1 heterocycles. The van der Waals surface area contributed by atoms with Crippen molar-refractivity contribution in [1.29, 1.82) is 0 Å². The molecule has 5 nitrogen and oxygen atoms in total. The molecule has 0 fully saturated rings. The first-order valence-electron chi connectivity index (χ1n) is 10.1. The van der Waals surface area contributed by atoms with Crippen LogP contribution in [-0.4, -0.2) is 27.7 Å². The van der Waals surface area contributed by atoms with Crippen molar-refractivity contribution in [3.8, 4) is 28.2 Å². The van der Waals surface area contributed by atoms with Crippen LogP contribution in [-0.2, 0) is 0 Å². The van der Waals surface area contributed by atoms with E-state index in [9.17, 15) is 0 Å². The van der Waals surface area contributed by atoms with Crippen LogP contribution in [0.3, 0.4) is 0 Å². The van der Waals surface area contributed by atoms with Crippen LogP contribution in [0.1, 0.15) is 12.5 Å². The summed E-state index contributed by atoms with van der Waals surface area (Å²) < 4.78 is 1.98. The predicted molar refractivity (Wildman–Crippen MR) is 131 cm³/mol. The minimum atomic E-state index is 0.507. The molecule has 6 heteroatoms. The summed E-state index contributed by atoms with van der Waals surface area (Å²) in [6.07, 6.45) is 1.74. The molecule has 154 valence electrons. The van der Waals surface area contributed by atoms with Gasteiger partial charge in [-0.1, -0.05) is 72.8 Å². The molecular weight excluding hydrogens is 402 g/mol. The van der Waals surface area contributed by atoms with Gasteiger partial charge in [-0.3, -0.25) is 5.43 Å². The van der Waals surface area contributed by atoms with Gasteiger partial charge in [0.1, 0.15) is 0 Å².